The minimum absolute atomic E-state index is 0.742. The first-order valence-corrected chi connectivity index (χ1v) is 15.5. The number of fused-ring (bicyclic) bond motifs is 2. The van der Waals surface area contributed by atoms with E-state index >= 15 is 0 Å². The maximum atomic E-state index is 10.6. The van der Waals surface area contributed by atoms with Crippen molar-refractivity contribution in [3.05, 3.63) is 102 Å². The van der Waals surface area contributed by atoms with E-state index < -0.39 is 11.2 Å². The van der Waals surface area contributed by atoms with Crippen molar-refractivity contribution < 1.29 is 9.76 Å². The smallest absolute Gasteiger partial charge is 0.330 e. The Balaban J connectivity index is 1.68. The third kappa shape index (κ3) is 6.33. The molecule has 1 radical (unpaired) electrons. The highest BCUT2D eigenvalue weighted by Crippen LogP contribution is 2.43. The van der Waals surface area contributed by atoms with Gasteiger partial charge in [0.2, 0.25) is 0 Å². The monoisotopic (exact) mass is 555 g/mol. The number of hydrogen-bond donors (Lipinski definition) is 1. The maximum absolute atomic E-state index is 10.6. The summed E-state index contributed by atoms with van der Waals surface area (Å²) in [5, 5.41) is 15.6. The Morgan fingerprint density at radius 3 is 1.83 bits per heavy atom. The molecule has 0 fully saturated rings. The van der Waals surface area contributed by atoms with Crippen LogP contribution in [0.3, 0.4) is 0 Å². The normalized spacial score (nSPS) is 12.3. The molecule has 0 saturated carbocycles. The Hall–Kier alpha value is -3.40. The summed E-state index contributed by atoms with van der Waals surface area (Å²) in [5.74, 6) is 0. The van der Waals surface area contributed by atoms with Crippen molar-refractivity contribution in [2.24, 2.45) is 0 Å². The lowest BCUT2D eigenvalue weighted by Gasteiger charge is -2.37. The van der Waals surface area contributed by atoms with Gasteiger partial charge in [0.25, 0.3) is 0 Å². The number of rotatable bonds is 11. The van der Waals surface area contributed by atoms with Gasteiger partial charge in [-0.05, 0) is 96.8 Å². The molecule has 0 bridgehead atoms. The highest BCUT2D eigenvalue weighted by Gasteiger charge is 2.35. The summed E-state index contributed by atoms with van der Waals surface area (Å²) in [6.07, 6.45) is 6.22. The topological polar surface area (TPSA) is 29.5 Å². The number of hydrogen-bond acceptors (Lipinski definition) is 2. The Kier molecular flexibility index (Phi) is 8.92. The highest BCUT2D eigenvalue weighted by molar-refractivity contribution is 6.48. The molecular weight excluding hydrogens is 511 g/mol. The van der Waals surface area contributed by atoms with Crippen molar-refractivity contribution >= 4 is 34.5 Å². The van der Waals surface area contributed by atoms with Crippen LogP contribution in [0.2, 0.25) is 0 Å². The van der Waals surface area contributed by atoms with Crippen LogP contribution in [0, 0.1) is 6.92 Å². The van der Waals surface area contributed by atoms with Gasteiger partial charge in [-0.3, -0.25) is 0 Å². The van der Waals surface area contributed by atoms with Crippen molar-refractivity contribution in [3.63, 3.8) is 0 Å². The molecule has 0 amide bonds. The van der Waals surface area contributed by atoms with Gasteiger partial charge in [-0.25, -0.2) is 0 Å². The summed E-state index contributed by atoms with van der Waals surface area (Å²) in [4.78, 5) is 0. The van der Waals surface area contributed by atoms with Gasteiger partial charge in [0.15, 0.2) is 0 Å². The standard InChI is InChI=1S/C39H44BO2/c1-7-8-9-10-13-28-18-22-30(23-19-28)37-33-15-12-11-14-32(33)36(29-20-16-27(2)17-21-29)34-25-24-31(26-35(34)37)40-42-39(5,6)38(3,4)41/h11-12,14-26,41H,7-10,13H2,1-6H3. The molecule has 0 aliphatic heterocycles. The second-order valence-corrected chi connectivity index (χ2v) is 12.8. The lowest BCUT2D eigenvalue weighted by molar-refractivity contribution is -0.0893. The van der Waals surface area contributed by atoms with Crippen molar-refractivity contribution in [3.8, 4) is 22.3 Å². The number of unbranched alkanes of at least 4 members (excludes halogenated alkanes) is 3. The van der Waals surface area contributed by atoms with Gasteiger partial charge in [-0.1, -0.05) is 128 Å². The van der Waals surface area contributed by atoms with Crippen LogP contribution < -0.4 is 5.46 Å². The zero-order valence-electron chi connectivity index (χ0n) is 26.1. The van der Waals surface area contributed by atoms with E-state index in [0.29, 0.717) is 0 Å². The average Bonchev–Trinajstić information content (AvgIpc) is 2.97. The third-order valence-corrected chi connectivity index (χ3v) is 8.91. The van der Waals surface area contributed by atoms with Crippen LogP contribution >= 0.6 is 0 Å². The maximum Gasteiger partial charge on any atom is 0.330 e. The van der Waals surface area contributed by atoms with Crippen molar-refractivity contribution in [1.82, 2.24) is 0 Å². The van der Waals surface area contributed by atoms with Crippen LogP contribution in [0.1, 0.15) is 71.4 Å². The third-order valence-electron chi connectivity index (χ3n) is 8.91. The Morgan fingerprint density at radius 1 is 0.667 bits per heavy atom. The predicted octanol–water partition coefficient (Wildman–Crippen LogP) is 9.57. The first-order valence-electron chi connectivity index (χ1n) is 15.5. The first-order chi connectivity index (χ1) is 20.1. The lowest BCUT2D eigenvalue weighted by Crippen LogP contribution is -2.49. The van der Waals surface area contributed by atoms with Crippen LogP contribution in [-0.2, 0) is 11.1 Å². The second-order valence-electron chi connectivity index (χ2n) is 12.8. The summed E-state index contributed by atoms with van der Waals surface area (Å²) in [6, 6.07) is 33.5. The van der Waals surface area contributed by atoms with Crippen molar-refractivity contribution in [2.45, 2.75) is 84.8 Å². The first kappa shape index (κ1) is 30.1. The summed E-state index contributed by atoms with van der Waals surface area (Å²) in [6.45, 7) is 11.8. The van der Waals surface area contributed by atoms with E-state index in [-0.39, 0.29) is 0 Å². The summed E-state index contributed by atoms with van der Waals surface area (Å²) in [5.41, 5.74) is 6.82. The molecule has 5 aromatic rings. The molecule has 2 nitrogen and oxygen atoms in total. The van der Waals surface area contributed by atoms with Gasteiger partial charge in [-0.2, -0.15) is 0 Å². The van der Waals surface area contributed by atoms with E-state index in [0.717, 1.165) is 11.9 Å². The SMILES string of the molecule is CCCCCCc1ccc(-c2c3ccccc3c(-c3ccc(C)cc3)c3ccc([B]OC(C)(C)C(C)(C)O)cc23)cc1. The summed E-state index contributed by atoms with van der Waals surface area (Å²) < 4.78 is 6.19. The van der Waals surface area contributed by atoms with E-state index in [1.54, 1.807) is 21.3 Å². The second kappa shape index (κ2) is 12.5. The zero-order valence-corrected chi connectivity index (χ0v) is 26.1. The molecule has 0 aromatic heterocycles. The van der Waals surface area contributed by atoms with Gasteiger partial charge in [-0.15, -0.1) is 0 Å². The van der Waals surface area contributed by atoms with E-state index in [4.69, 9.17) is 4.65 Å². The quantitative estimate of drug-likeness (QED) is 0.0999. The van der Waals surface area contributed by atoms with Gasteiger partial charge in [0, 0.05) is 0 Å². The predicted molar refractivity (Wildman–Crippen MR) is 182 cm³/mol. The largest absolute Gasteiger partial charge is 0.427 e. The van der Waals surface area contributed by atoms with Gasteiger partial charge < -0.3 is 9.76 Å². The Bertz CT molecular complexity index is 1660. The molecule has 3 heteroatoms. The van der Waals surface area contributed by atoms with E-state index in [1.165, 1.54) is 80.6 Å². The fourth-order valence-electron chi connectivity index (χ4n) is 5.57. The molecule has 5 rings (SSSR count). The molecule has 42 heavy (non-hydrogen) atoms. The van der Waals surface area contributed by atoms with Crippen LogP contribution in [0.5, 0.6) is 0 Å². The number of benzene rings is 5. The highest BCUT2D eigenvalue weighted by atomic mass is 16.5. The molecule has 0 aliphatic rings. The fourth-order valence-corrected chi connectivity index (χ4v) is 5.57. The van der Waals surface area contributed by atoms with Crippen LogP contribution in [-0.4, -0.2) is 23.8 Å². The fraction of sp³-hybridized carbons (Fsp3) is 0.333. The number of aliphatic hydroxyl groups is 1. The molecule has 5 aromatic carbocycles. The van der Waals surface area contributed by atoms with Crippen LogP contribution in [0.15, 0.2) is 91.0 Å². The minimum atomic E-state index is -0.987. The molecule has 0 saturated heterocycles. The lowest BCUT2D eigenvalue weighted by atomic mass is 9.79. The molecule has 0 heterocycles. The van der Waals surface area contributed by atoms with Crippen LogP contribution in [0.4, 0.5) is 0 Å². The zero-order chi connectivity index (χ0) is 29.9. The summed E-state index contributed by atoms with van der Waals surface area (Å²) in [7, 11) is 1.79. The van der Waals surface area contributed by atoms with Gasteiger partial charge in [0.1, 0.15) is 0 Å². The molecule has 0 spiro atoms. The van der Waals surface area contributed by atoms with Crippen molar-refractivity contribution in [2.75, 3.05) is 0 Å². The molecule has 0 unspecified atom stereocenters. The molecule has 1 N–H and O–H groups in total. The van der Waals surface area contributed by atoms with E-state index in [2.05, 4.69) is 105 Å². The summed E-state index contributed by atoms with van der Waals surface area (Å²) >= 11 is 0. The Morgan fingerprint density at radius 2 is 1.24 bits per heavy atom. The van der Waals surface area contributed by atoms with E-state index in [9.17, 15) is 5.11 Å². The number of aryl methyl sites for hydroxylation is 2. The van der Waals surface area contributed by atoms with Crippen LogP contribution in [0.25, 0.3) is 43.8 Å². The molecular formula is C39H44BO2. The Labute approximate surface area is 253 Å². The van der Waals surface area contributed by atoms with Gasteiger partial charge >= 0.3 is 7.48 Å². The molecule has 0 atom stereocenters. The average molecular weight is 556 g/mol. The van der Waals surface area contributed by atoms with Crippen molar-refractivity contribution in [1.29, 1.82) is 0 Å². The van der Waals surface area contributed by atoms with Gasteiger partial charge in [0.05, 0.1) is 11.2 Å². The molecule has 0 aliphatic carbocycles. The minimum Gasteiger partial charge on any atom is -0.427 e. The van der Waals surface area contributed by atoms with E-state index in [1.807, 2.05) is 13.8 Å². The molecule has 215 valence electrons.